The summed E-state index contributed by atoms with van der Waals surface area (Å²) in [5.41, 5.74) is 5.61. The summed E-state index contributed by atoms with van der Waals surface area (Å²) in [6.07, 6.45) is 3.82. The average Bonchev–Trinajstić information content (AvgIpc) is 3.01. The molecule has 17 heavy (non-hydrogen) atoms. The molecule has 0 aliphatic heterocycles. The van der Waals surface area contributed by atoms with Crippen molar-refractivity contribution in [1.29, 1.82) is 0 Å². The molecule has 1 aromatic heterocycles. The normalized spacial score (nSPS) is 14.2. The number of carbonyl (C=O) groups is 1. The molecule has 0 atom stereocenters. The molecule has 0 unspecified atom stereocenters. The van der Waals surface area contributed by atoms with Crippen molar-refractivity contribution in [3.63, 3.8) is 0 Å². The van der Waals surface area contributed by atoms with Gasteiger partial charge in [0, 0.05) is 13.1 Å². The molecule has 92 valence electrons. The van der Waals surface area contributed by atoms with Crippen molar-refractivity contribution in [3.8, 4) is 0 Å². The number of halogens is 1. The zero-order chi connectivity index (χ0) is 12.4. The minimum atomic E-state index is -0.295. The van der Waals surface area contributed by atoms with E-state index in [9.17, 15) is 4.79 Å². The van der Waals surface area contributed by atoms with Gasteiger partial charge in [-0.25, -0.2) is 0 Å². The lowest BCUT2D eigenvalue weighted by Crippen LogP contribution is -2.47. The van der Waals surface area contributed by atoms with E-state index >= 15 is 0 Å². The topological polar surface area (TPSA) is 71.0 Å². The molecule has 2 rings (SSSR count). The summed E-state index contributed by atoms with van der Waals surface area (Å²) in [4.78, 5) is 11.8. The van der Waals surface area contributed by atoms with E-state index in [1.807, 2.05) is 0 Å². The lowest BCUT2D eigenvalue weighted by Gasteiger charge is -2.11. The van der Waals surface area contributed by atoms with Crippen molar-refractivity contribution in [2.45, 2.75) is 18.9 Å². The molecule has 0 radical (unpaired) electrons. The maximum atomic E-state index is 11.8. The third-order valence-electron chi connectivity index (χ3n) is 2.31. The first-order valence-electron chi connectivity index (χ1n) is 5.12. The van der Waals surface area contributed by atoms with Crippen LogP contribution in [0, 0.1) is 0 Å². The smallest absolute Gasteiger partial charge is 0.289 e. The van der Waals surface area contributed by atoms with Crippen molar-refractivity contribution >= 4 is 39.2 Å². The molecular weight excluding hydrogens is 306 g/mol. The summed E-state index contributed by atoms with van der Waals surface area (Å²) in [7, 11) is 1.69. The Morgan fingerprint density at radius 1 is 1.59 bits per heavy atom. The van der Waals surface area contributed by atoms with Gasteiger partial charge < -0.3 is 5.32 Å². The van der Waals surface area contributed by atoms with Gasteiger partial charge in [-0.1, -0.05) is 0 Å². The van der Waals surface area contributed by atoms with Crippen molar-refractivity contribution in [2.75, 3.05) is 0 Å². The molecule has 0 spiro atoms. The van der Waals surface area contributed by atoms with Crippen LogP contribution in [0.5, 0.6) is 0 Å². The lowest BCUT2D eigenvalue weighted by atomic mass is 10.4. The van der Waals surface area contributed by atoms with E-state index in [4.69, 9.17) is 12.2 Å². The molecule has 8 heteroatoms. The van der Waals surface area contributed by atoms with Gasteiger partial charge in [0.1, 0.15) is 5.69 Å². The molecule has 0 bridgehead atoms. The Bertz CT molecular complexity index is 437. The quantitative estimate of drug-likeness (QED) is 0.546. The fraction of sp³-hybridized carbons (Fsp3) is 0.444. The lowest BCUT2D eigenvalue weighted by molar-refractivity contribution is 0.0933. The predicted octanol–water partition coefficient (Wildman–Crippen LogP) is 0.454. The van der Waals surface area contributed by atoms with Crippen molar-refractivity contribution < 1.29 is 4.79 Å². The zero-order valence-electron chi connectivity index (χ0n) is 9.16. The second kappa shape index (κ2) is 5.01. The maximum Gasteiger partial charge on any atom is 0.289 e. The highest BCUT2D eigenvalue weighted by atomic mass is 79.9. The van der Waals surface area contributed by atoms with E-state index in [1.165, 1.54) is 4.68 Å². The monoisotopic (exact) mass is 317 g/mol. The Kier molecular flexibility index (Phi) is 3.63. The molecule has 1 amide bonds. The summed E-state index contributed by atoms with van der Waals surface area (Å²) < 4.78 is 2.12. The fourth-order valence-corrected chi connectivity index (χ4v) is 2.03. The van der Waals surface area contributed by atoms with E-state index in [2.05, 4.69) is 37.2 Å². The van der Waals surface area contributed by atoms with Crippen LogP contribution in [0.3, 0.4) is 0 Å². The number of hydrogen-bond donors (Lipinski definition) is 3. The van der Waals surface area contributed by atoms with Crippen LogP contribution in [0.4, 0.5) is 0 Å². The summed E-state index contributed by atoms with van der Waals surface area (Å²) in [5.74, 6) is -0.295. The molecule has 3 N–H and O–H groups in total. The second-order valence-corrected chi connectivity index (χ2v) is 5.05. The van der Waals surface area contributed by atoms with Crippen LogP contribution in [0.15, 0.2) is 10.7 Å². The highest BCUT2D eigenvalue weighted by molar-refractivity contribution is 9.10. The molecule has 1 fully saturated rings. The van der Waals surface area contributed by atoms with Gasteiger partial charge in [0.2, 0.25) is 0 Å². The predicted molar refractivity (Wildman–Crippen MR) is 70.3 cm³/mol. The molecule has 0 saturated heterocycles. The van der Waals surface area contributed by atoms with Gasteiger partial charge in [0.25, 0.3) is 5.91 Å². The van der Waals surface area contributed by atoms with Crippen LogP contribution in [0.1, 0.15) is 23.3 Å². The summed E-state index contributed by atoms with van der Waals surface area (Å²) in [6, 6.07) is 0.454. The Hall–Kier alpha value is -1.15. The number of nitrogens with zero attached hydrogens (tertiary/aromatic N) is 2. The van der Waals surface area contributed by atoms with Crippen LogP contribution in [-0.2, 0) is 7.05 Å². The van der Waals surface area contributed by atoms with E-state index in [0.717, 1.165) is 12.8 Å². The number of rotatable bonds is 2. The molecule has 1 aromatic rings. The Morgan fingerprint density at radius 3 is 2.82 bits per heavy atom. The van der Waals surface area contributed by atoms with Crippen LogP contribution in [0.2, 0.25) is 0 Å². The van der Waals surface area contributed by atoms with Crippen LogP contribution < -0.4 is 16.2 Å². The summed E-state index contributed by atoms with van der Waals surface area (Å²) >= 11 is 8.27. The molecule has 1 heterocycles. The van der Waals surface area contributed by atoms with E-state index in [-0.39, 0.29) is 5.91 Å². The van der Waals surface area contributed by atoms with Crippen LogP contribution >= 0.6 is 28.1 Å². The zero-order valence-corrected chi connectivity index (χ0v) is 11.6. The highest BCUT2D eigenvalue weighted by Crippen LogP contribution is 2.18. The molecule has 1 saturated carbocycles. The maximum absolute atomic E-state index is 11.8. The van der Waals surface area contributed by atoms with Crippen LogP contribution in [0.25, 0.3) is 0 Å². The molecule has 6 nitrogen and oxygen atoms in total. The van der Waals surface area contributed by atoms with Gasteiger partial charge in [-0.05, 0) is 41.0 Å². The number of nitrogens with one attached hydrogen (secondary N) is 3. The first kappa shape index (κ1) is 12.3. The van der Waals surface area contributed by atoms with Gasteiger partial charge in [-0.15, -0.1) is 0 Å². The number of hydrogen-bond acceptors (Lipinski definition) is 3. The minimum absolute atomic E-state index is 0.295. The number of carbonyl (C=O) groups excluding carboxylic acids is 1. The Morgan fingerprint density at radius 2 is 2.29 bits per heavy atom. The van der Waals surface area contributed by atoms with E-state index < -0.39 is 0 Å². The van der Waals surface area contributed by atoms with Crippen molar-refractivity contribution in [1.82, 2.24) is 25.9 Å². The number of aryl methyl sites for hydroxylation is 1. The van der Waals surface area contributed by atoms with Gasteiger partial charge >= 0.3 is 0 Å². The SMILES string of the molecule is Cn1ncc(Br)c1C(=O)NNC(=S)NC1CC1. The van der Waals surface area contributed by atoms with E-state index in [1.54, 1.807) is 13.2 Å². The van der Waals surface area contributed by atoms with Crippen LogP contribution in [-0.4, -0.2) is 26.8 Å². The highest BCUT2D eigenvalue weighted by Gasteiger charge is 2.22. The number of hydrazine groups is 1. The number of thiocarbonyl (C=S) groups is 1. The third kappa shape index (κ3) is 3.16. The van der Waals surface area contributed by atoms with Gasteiger partial charge in [0.15, 0.2) is 5.11 Å². The summed E-state index contributed by atoms with van der Waals surface area (Å²) in [6.45, 7) is 0. The Labute approximate surface area is 112 Å². The second-order valence-electron chi connectivity index (χ2n) is 3.79. The average molecular weight is 318 g/mol. The standard InChI is InChI=1S/C9H12BrN5OS/c1-15-7(6(10)4-11-15)8(16)13-14-9(17)12-5-2-3-5/h4-5H,2-3H2,1H3,(H,13,16)(H2,12,14,17). The molecule has 0 aromatic carbocycles. The Balaban J connectivity index is 1.86. The minimum Gasteiger partial charge on any atom is -0.359 e. The first-order chi connectivity index (χ1) is 8.08. The van der Waals surface area contributed by atoms with Crippen molar-refractivity contribution in [2.24, 2.45) is 7.05 Å². The third-order valence-corrected chi connectivity index (χ3v) is 3.11. The fourth-order valence-electron chi connectivity index (χ4n) is 1.29. The van der Waals surface area contributed by atoms with E-state index in [0.29, 0.717) is 21.3 Å². The van der Waals surface area contributed by atoms with Gasteiger partial charge in [0.05, 0.1) is 10.7 Å². The molecule has 1 aliphatic rings. The first-order valence-corrected chi connectivity index (χ1v) is 6.32. The number of amides is 1. The molecule has 1 aliphatic carbocycles. The largest absolute Gasteiger partial charge is 0.359 e. The number of aromatic nitrogens is 2. The van der Waals surface area contributed by atoms with Crippen molar-refractivity contribution in [3.05, 3.63) is 16.4 Å². The van der Waals surface area contributed by atoms with Gasteiger partial charge in [-0.2, -0.15) is 5.10 Å². The summed E-state index contributed by atoms with van der Waals surface area (Å²) in [5, 5.41) is 7.44. The van der Waals surface area contributed by atoms with Gasteiger partial charge in [-0.3, -0.25) is 20.3 Å². The molecular formula is C9H12BrN5OS.